The van der Waals surface area contributed by atoms with Gasteiger partial charge in [0.1, 0.15) is 0 Å². The van der Waals surface area contributed by atoms with Crippen molar-refractivity contribution in [2.45, 2.75) is 40.2 Å². The fraction of sp³-hybridized carbons (Fsp3) is 0.529. The van der Waals surface area contributed by atoms with Gasteiger partial charge in [0, 0.05) is 36.2 Å². The SMILES string of the molecule is CN=C(NCCC(=O)Nc1ccc(Br)cc1C)NC(C)C(C)C.I. The van der Waals surface area contributed by atoms with E-state index in [4.69, 9.17) is 0 Å². The lowest BCUT2D eigenvalue weighted by Crippen LogP contribution is -2.44. The number of carbonyl (C=O) groups excluding carboxylic acids is 1. The van der Waals surface area contributed by atoms with Crippen LogP contribution in [-0.4, -0.2) is 31.5 Å². The average molecular weight is 511 g/mol. The summed E-state index contributed by atoms with van der Waals surface area (Å²) in [6, 6.07) is 6.11. The first kappa shape index (κ1) is 23.2. The first-order valence-electron chi connectivity index (χ1n) is 7.86. The summed E-state index contributed by atoms with van der Waals surface area (Å²) in [5.74, 6) is 1.21. The summed E-state index contributed by atoms with van der Waals surface area (Å²) in [4.78, 5) is 16.2. The number of rotatable bonds is 6. The molecule has 0 aromatic heterocycles. The zero-order valence-electron chi connectivity index (χ0n) is 14.9. The molecule has 0 saturated carbocycles. The van der Waals surface area contributed by atoms with E-state index in [9.17, 15) is 4.79 Å². The quantitative estimate of drug-likeness (QED) is 0.309. The molecule has 1 aromatic rings. The maximum absolute atomic E-state index is 12.0. The minimum absolute atomic E-state index is 0. The molecule has 0 aliphatic rings. The number of anilines is 1. The summed E-state index contributed by atoms with van der Waals surface area (Å²) in [6.45, 7) is 8.92. The third-order valence-corrected chi connectivity index (χ3v) is 4.19. The second-order valence-corrected chi connectivity index (χ2v) is 6.85. The van der Waals surface area contributed by atoms with Crippen LogP contribution in [0.1, 0.15) is 32.8 Å². The van der Waals surface area contributed by atoms with Gasteiger partial charge in [0.15, 0.2) is 5.96 Å². The van der Waals surface area contributed by atoms with Crippen LogP contribution in [0, 0.1) is 12.8 Å². The van der Waals surface area contributed by atoms with Crippen LogP contribution >= 0.6 is 39.9 Å². The molecular weight excluding hydrogens is 483 g/mol. The third kappa shape index (κ3) is 8.32. The molecule has 0 spiro atoms. The standard InChI is InChI=1S/C17H27BrN4O.HI/c1-11(2)13(4)21-17(19-5)20-9-8-16(23)22-15-7-6-14(18)10-12(15)3;/h6-7,10-11,13H,8-9H2,1-5H3,(H,22,23)(H2,19,20,21);1H. The molecule has 0 bridgehead atoms. The molecule has 1 unspecified atom stereocenters. The first-order valence-corrected chi connectivity index (χ1v) is 8.66. The molecule has 5 nitrogen and oxygen atoms in total. The van der Waals surface area contributed by atoms with Crippen molar-refractivity contribution in [1.29, 1.82) is 0 Å². The number of carbonyl (C=O) groups is 1. The fourth-order valence-electron chi connectivity index (χ4n) is 1.85. The molecule has 3 N–H and O–H groups in total. The number of nitrogens with zero attached hydrogens (tertiary/aromatic N) is 1. The molecule has 1 atom stereocenters. The van der Waals surface area contributed by atoms with Crippen LogP contribution in [0.15, 0.2) is 27.7 Å². The highest BCUT2D eigenvalue weighted by molar-refractivity contribution is 14.0. The summed E-state index contributed by atoms with van der Waals surface area (Å²) in [6.07, 6.45) is 0.381. The van der Waals surface area contributed by atoms with E-state index >= 15 is 0 Å². The first-order chi connectivity index (χ1) is 10.8. The number of aryl methyl sites for hydroxylation is 1. The van der Waals surface area contributed by atoms with Crippen LogP contribution in [-0.2, 0) is 4.79 Å². The predicted molar refractivity (Wildman–Crippen MR) is 116 cm³/mol. The Morgan fingerprint density at radius 3 is 2.50 bits per heavy atom. The number of halogens is 2. The minimum atomic E-state index is -0.0183. The summed E-state index contributed by atoms with van der Waals surface area (Å²) < 4.78 is 1.00. The lowest BCUT2D eigenvalue weighted by molar-refractivity contribution is -0.116. The number of amides is 1. The van der Waals surface area contributed by atoms with Gasteiger partial charge in [0.25, 0.3) is 0 Å². The van der Waals surface area contributed by atoms with Gasteiger partial charge in [-0.2, -0.15) is 0 Å². The molecule has 1 aromatic carbocycles. The molecule has 0 fully saturated rings. The van der Waals surface area contributed by atoms with Gasteiger partial charge >= 0.3 is 0 Å². The second kappa shape index (κ2) is 11.7. The Labute approximate surface area is 170 Å². The van der Waals surface area contributed by atoms with Gasteiger partial charge in [0.2, 0.25) is 5.91 Å². The largest absolute Gasteiger partial charge is 0.356 e. The molecule has 0 saturated heterocycles. The van der Waals surface area contributed by atoms with Crippen molar-refractivity contribution in [1.82, 2.24) is 10.6 Å². The van der Waals surface area contributed by atoms with Gasteiger partial charge in [0.05, 0.1) is 0 Å². The van der Waals surface area contributed by atoms with E-state index in [2.05, 4.69) is 57.6 Å². The Balaban J connectivity index is 0.00000529. The summed E-state index contributed by atoms with van der Waals surface area (Å²) >= 11 is 3.42. The van der Waals surface area contributed by atoms with Crippen molar-refractivity contribution < 1.29 is 4.79 Å². The van der Waals surface area contributed by atoms with Gasteiger partial charge in [-0.25, -0.2) is 0 Å². The van der Waals surface area contributed by atoms with Crippen LogP contribution < -0.4 is 16.0 Å². The van der Waals surface area contributed by atoms with Crippen molar-refractivity contribution >= 4 is 57.5 Å². The number of hydrogen-bond acceptors (Lipinski definition) is 2. The van der Waals surface area contributed by atoms with E-state index in [1.165, 1.54) is 0 Å². The molecular formula is C17H28BrIN4O. The number of nitrogens with one attached hydrogen (secondary N) is 3. The van der Waals surface area contributed by atoms with Gasteiger partial charge in [-0.3, -0.25) is 9.79 Å². The smallest absolute Gasteiger partial charge is 0.226 e. The number of guanidine groups is 1. The predicted octanol–water partition coefficient (Wildman–Crippen LogP) is 3.91. The Hall–Kier alpha value is -0.830. The third-order valence-electron chi connectivity index (χ3n) is 3.70. The monoisotopic (exact) mass is 510 g/mol. The van der Waals surface area contributed by atoms with Crippen molar-refractivity contribution in [3.05, 3.63) is 28.2 Å². The highest BCUT2D eigenvalue weighted by Gasteiger charge is 2.09. The molecule has 0 radical (unpaired) electrons. The molecule has 0 heterocycles. The molecule has 7 heteroatoms. The van der Waals surface area contributed by atoms with Gasteiger partial charge in [-0.1, -0.05) is 29.8 Å². The zero-order chi connectivity index (χ0) is 17.4. The fourth-order valence-corrected chi connectivity index (χ4v) is 2.33. The lowest BCUT2D eigenvalue weighted by Gasteiger charge is -2.20. The van der Waals surface area contributed by atoms with E-state index in [1.807, 2.05) is 25.1 Å². The lowest BCUT2D eigenvalue weighted by atomic mass is 10.1. The van der Waals surface area contributed by atoms with Crippen LogP contribution in [0.5, 0.6) is 0 Å². The zero-order valence-corrected chi connectivity index (χ0v) is 18.9. The van der Waals surface area contributed by atoms with Crippen LogP contribution in [0.25, 0.3) is 0 Å². The normalized spacial score (nSPS) is 12.4. The van der Waals surface area contributed by atoms with Gasteiger partial charge in [-0.05, 0) is 43.5 Å². The second-order valence-electron chi connectivity index (χ2n) is 5.93. The van der Waals surface area contributed by atoms with E-state index in [0.29, 0.717) is 24.9 Å². The van der Waals surface area contributed by atoms with Crippen molar-refractivity contribution in [2.75, 3.05) is 18.9 Å². The molecule has 1 amide bonds. The van der Waals surface area contributed by atoms with E-state index in [1.54, 1.807) is 7.05 Å². The highest BCUT2D eigenvalue weighted by Crippen LogP contribution is 2.19. The van der Waals surface area contributed by atoms with Crippen molar-refractivity contribution in [2.24, 2.45) is 10.9 Å². The van der Waals surface area contributed by atoms with Gasteiger partial charge in [-0.15, -0.1) is 24.0 Å². The number of hydrogen-bond donors (Lipinski definition) is 3. The highest BCUT2D eigenvalue weighted by atomic mass is 127. The Morgan fingerprint density at radius 2 is 1.96 bits per heavy atom. The number of benzene rings is 1. The molecule has 136 valence electrons. The Bertz CT molecular complexity index is 564. The minimum Gasteiger partial charge on any atom is -0.356 e. The maximum atomic E-state index is 12.0. The Kier molecular flexibility index (Phi) is 11.3. The molecule has 0 aliphatic carbocycles. The molecule has 0 aliphatic heterocycles. The van der Waals surface area contributed by atoms with E-state index in [0.717, 1.165) is 21.7 Å². The van der Waals surface area contributed by atoms with E-state index in [-0.39, 0.29) is 29.9 Å². The molecule has 1 rings (SSSR count). The molecule has 24 heavy (non-hydrogen) atoms. The summed E-state index contributed by atoms with van der Waals surface area (Å²) in [5, 5.41) is 9.40. The summed E-state index contributed by atoms with van der Waals surface area (Å²) in [7, 11) is 1.73. The van der Waals surface area contributed by atoms with Crippen LogP contribution in [0.2, 0.25) is 0 Å². The summed E-state index contributed by atoms with van der Waals surface area (Å²) in [5.41, 5.74) is 1.87. The number of aliphatic imine (C=N–C) groups is 1. The van der Waals surface area contributed by atoms with E-state index < -0.39 is 0 Å². The van der Waals surface area contributed by atoms with Gasteiger partial charge < -0.3 is 16.0 Å². The van der Waals surface area contributed by atoms with Crippen LogP contribution in [0.3, 0.4) is 0 Å². The Morgan fingerprint density at radius 1 is 1.29 bits per heavy atom. The van der Waals surface area contributed by atoms with Crippen molar-refractivity contribution in [3.8, 4) is 0 Å². The van der Waals surface area contributed by atoms with Crippen LogP contribution in [0.4, 0.5) is 5.69 Å². The van der Waals surface area contributed by atoms with Crippen molar-refractivity contribution in [3.63, 3.8) is 0 Å². The topological polar surface area (TPSA) is 65.5 Å². The average Bonchev–Trinajstić information content (AvgIpc) is 2.48. The maximum Gasteiger partial charge on any atom is 0.226 e.